The number of methoxy groups -OCH3 is 1. The molecule has 2 fully saturated rings. The summed E-state index contributed by atoms with van der Waals surface area (Å²) < 4.78 is 10.7. The monoisotopic (exact) mass is 395 g/mol. The van der Waals surface area contributed by atoms with E-state index in [1.54, 1.807) is 16.9 Å². The van der Waals surface area contributed by atoms with Crippen molar-refractivity contribution in [3.63, 3.8) is 0 Å². The van der Waals surface area contributed by atoms with Crippen molar-refractivity contribution in [1.29, 1.82) is 0 Å². The summed E-state index contributed by atoms with van der Waals surface area (Å²) in [5.74, 6) is 0.808. The first kappa shape index (κ1) is 19.1. The molecule has 0 spiro atoms. The van der Waals surface area contributed by atoms with Crippen LogP contribution < -0.4 is 10.1 Å². The van der Waals surface area contributed by atoms with Gasteiger partial charge in [0.05, 0.1) is 19.7 Å². The Balaban J connectivity index is 1.31. The number of ether oxygens (including phenoxy) is 2. The van der Waals surface area contributed by atoms with Crippen LogP contribution in [0.1, 0.15) is 11.1 Å². The molecule has 0 radical (unpaired) electrons. The number of carbonyl (C=O) groups is 2. The van der Waals surface area contributed by atoms with Gasteiger partial charge in [0.1, 0.15) is 11.9 Å². The van der Waals surface area contributed by atoms with E-state index in [4.69, 9.17) is 9.47 Å². The summed E-state index contributed by atoms with van der Waals surface area (Å²) >= 11 is 0. The molecule has 2 aromatic rings. The molecule has 2 atom stereocenters. The van der Waals surface area contributed by atoms with E-state index >= 15 is 0 Å². The van der Waals surface area contributed by atoms with Crippen LogP contribution in [0.5, 0.6) is 5.75 Å². The summed E-state index contributed by atoms with van der Waals surface area (Å²) in [7, 11) is 1.64. The van der Waals surface area contributed by atoms with Gasteiger partial charge in [-0.15, -0.1) is 0 Å². The van der Waals surface area contributed by atoms with Gasteiger partial charge in [-0.3, -0.25) is 4.90 Å². The van der Waals surface area contributed by atoms with Crippen LogP contribution in [0, 0.1) is 0 Å². The van der Waals surface area contributed by atoms with E-state index in [9.17, 15) is 9.59 Å². The van der Waals surface area contributed by atoms with Crippen LogP contribution in [0.4, 0.5) is 9.59 Å². The summed E-state index contributed by atoms with van der Waals surface area (Å²) in [5.41, 5.74) is 2.17. The molecule has 7 nitrogen and oxygen atoms in total. The summed E-state index contributed by atoms with van der Waals surface area (Å²) in [6.45, 7) is 1.95. The molecule has 29 heavy (non-hydrogen) atoms. The van der Waals surface area contributed by atoms with Crippen LogP contribution in [0.25, 0.3) is 0 Å². The second-order valence-electron chi connectivity index (χ2n) is 7.33. The average molecular weight is 395 g/mol. The Morgan fingerprint density at radius 1 is 1.10 bits per heavy atom. The first-order chi connectivity index (χ1) is 14.1. The smallest absolute Gasteiger partial charge is 0.410 e. The van der Waals surface area contributed by atoms with Gasteiger partial charge >= 0.3 is 12.1 Å². The highest BCUT2D eigenvalue weighted by Gasteiger charge is 2.48. The topological polar surface area (TPSA) is 71.1 Å². The van der Waals surface area contributed by atoms with Crippen LogP contribution in [-0.4, -0.2) is 60.8 Å². The number of fused-ring (bicyclic) bond motifs is 1. The summed E-state index contributed by atoms with van der Waals surface area (Å²) in [4.78, 5) is 28.3. The third-order valence-corrected chi connectivity index (χ3v) is 5.50. The van der Waals surface area contributed by atoms with E-state index in [-0.39, 0.29) is 24.3 Å². The number of nitrogens with zero attached hydrogens (tertiary/aromatic N) is 2. The van der Waals surface area contributed by atoms with Crippen LogP contribution in [0.2, 0.25) is 0 Å². The van der Waals surface area contributed by atoms with Crippen LogP contribution in [0.3, 0.4) is 0 Å². The van der Waals surface area contributed by atoms with Crippen LogP contribution in [0.15, 0.2) is 54.6 Å². The standard InChI is InChI=1S/C22H25N3O4/c1-28-18-9-7-16(8-10-18)11-12-25-19-14-24(15-20(19)29-22(25)27)21(26)23-13-17-5-3-2-4-6-17/h2-10,19-20H,11-15H2,1H3,(H,23,26)/t19-,20+/m0/s1. The lowest BCUT2D eigenvalue weighted by Crippen LogP contribution is -2.43. The fourth-order valence-electron chi connectivity index (χ4n) is 3.85. The molecular formula is C22H25N3O4. The molecule has 152 valence electrons. The molecule has 2 saturated heterocycles. The molecule has 0 bridgehead atoms. The molecular weight excluding hydrogens is 370 g/mol. The number of likely N-dealkylation sites (tertiary alicyclic amines) is 1. The molecule has 0 aliphatic carbocycles. The van der Waals surface area contributed by atoms with Gasteiger partial charge in [0.25, 0.3) is 0 Å². The van der Waals surface area contributed by atoms with E-state index in [0.29, 0.717) is 26.2 Å². The molecule has 2 aliphatic heterocycles. The van der Waals surface area contributed by atoms with Gasteiger partial charge in [-0.25, -0.2) is 9.59 Å². The number of urea groups is 1. The van der Waals surface area contributed by atoms with Gasteiger partial charge in [0.15, 0.2) is 0 Å². The van der Waals surface area contributed by atoms with E-state index in [2.05, 4.69) is 5.32 Å². The second kappa shape index (κ2) is 8.43. The Labute approximate surface area is 170 Å². The fourth-order valence-corrected chi connectivity index (χ4v) is 3.85. The SMILES string of the molecule is COc1ccc(CCN2C(=O)O[C@@H]3CN(C(=O)NCc4ccccc4)C[C@@H]32)cc1. The maximum absolute atomic E-state index is 12.5. The Morgan fingerprint density at radius 3 is 2.59 bits per heavy atom. The zero-order chi connectivity index (χ0) is 20.2. The zero-order valence-electron chi connectivity index (χ0n) is 16.4. The minimum Gasteiger partial charge on any atom is -0.497 e. The van der Waals surface area contributed by atoms with Crippen molar-refractivity contribution in [2.24, 2.45) is 0 Å². The third-order valence-electron chi connectivity index (χ3n) is 5.50. The Kier molecular flexibility index (Phi) is 5.55. The number of nitrogens with one attached hydrogen (secondary N) is 1. The van der Waals surface area contributed by atoms with Crippen LogP contribution in [-0.2, 0) is 17.7 Å². The van der Waals surface area contributed by atoms with Gasteiger partial charge in [-0.1, -0.05) is 42.5 Å². The minimum atomic E-state index is -0.294. The van der Waals surface area contributed by atoms with Crippen molar-refractivity contribution in [3.05, 3.63) is 65.7 Å². The normalized spacial score (nSPS) is 20.4. The molecule has 4 rings (SSSR count). The maximum atomic E-state index is 12.5. The van der Waals surface area contributed by atoms with Crippen molar-refractivity contribution >= 4 is 12.1 Å². The molecule has 0 unspecified atom stereocenters. The van der Waals surface area contributed by atoms with E-state index < -0.39 is 0 Å². The molecule has 3 amide bonds. The predicted octanol–water partition coefficient (Wildman–Crippen LogP) is 2.65. The molecule has 7 heteroatoms. The molecule has 2 aromatic carbocycles. The van der Waals surface area contributed by atoms with E-state index in [0.717, 1.165) is 23.3 Å². The van der Waals surface area contributed by atoms with E-state index in [1.807, 2.05) is 54.6 Å². The Hall–Kier alpha value is -3.22. The van der Waals surface area contributed by atoms with Crippen molar-refractivity contribution < 1.29 is 19.1 Å². The molecule has 2 heterocycles. The van der Waals surface area contributed by atoms with Gasteiger partial charge in [-0.05, 0) is 29.7 Å². The molecule has 0 aromatic heterocycles. The summed E-state index contributed by atoms with van der Waals surface area (Å²) in [6, 6.07) is 17.4. The summed E-state index contributed by atoms with van der Waals surface area (Å²) in [6.07, 6.45) is 0.168. The minimum absolute atomic E-state index is 0.0942. The third kappa shape index (κ3) is 4.29. The number of hydrogen-bond donors (Lipinski definition) is 1. The number of hydrogen-bond acceptors (Lipinski definition) is 4. The lowest BCUT2D eigenvalue weighted by Gasteiger charge is -2.22. The van der Waals surface area contributed by atoms with Crippen LogP contribution >= 0.6 is 0 Å². The Bertz CT molecular complexity index is 856. The number of rotatable bonds is 6. The molecule has 2 aliphatic rings. The lowest BCUT2D eigenvalue weighted by molar-refractivity contribution is 0.123. The van der Waals surface area contributed by atoms with Crippen molar-refractivity contribution in [2.75, 3.05) is 26.7 Å². The highest BCUT2D eigenvalue weighted by Crippen LogP contribution is 2.27. The average Bonchev–Trinajstić information content (AvgIpc) is 3.29. The lowest BCUT2D eigenvalue weighted by atomic mass is 10.1. The number of benzene rings is 2. The first-order valence-electron chi connectivity index (χ1n) is 9.81. The van der Waals surface area contributed by atoms with E-state index in [1.165, 1.54) is 0 Å². The predicted molar refractivity (Wildman–Crippen MR) is 108 cm³/mol. The highest BCUT2D eigenvalue weighted by atomic mass is 16.6. The van der Waals surface area contributed by atoms with Crippen molar-refractivity contribution in [2.45, 2.75) is 25.1 Å². The molecule has 1 N–H and O–H groups in total. The summed E-state index contributed by atoms with van der Waals surface area (Å²) in [5, 5.41) is 2.94. The zero-order valence-corrected chi connectivity index (χ0v) is 16.4. The molecule has 0 saturated carbocycles. The quantitative estimate of drug-likeness (QED) is 0.816. The highest BCUT2D eigenvalue weighted by molar-refractivity contribution is 5.76. The fraction of sp³-hybridized carbons (Fsp3) is 0.364. The van der Waals surface area contributed by atoms with Gasteiger partial charge in [-0.2, -0.15) is 0 Å². The maximum Gasteiger partial charge on any atom is 0.410 e. The Morgan fingerprint density at radius 2 is 1.86 bits per heavy atom. The largest absolute Gasteiger partial charge is 0.497 e. The second-order valence-corrected chi connectivity index (χ2v) is 7.33. The number of amides is 3. The first-order valence-corrected chi connectivity index (χ1v) is 9.81. The van der Waals surface area contributed by atoms with Gasteiger partial charge in [0.2, 0.25) is 0 Å². The van der Waals surface area contributed by atoms with Gasteiger partial charge in [0, 0.05) is 19.6 Å². The van der Waals surface area contributed by atoms with Crippen molar-refractivity contribution in [3.8, 4) is 5.75 Å². The van der Waals surface area contributed by atoms with Gasteiger partial charge < -0.3 is 19.7 Å². The number of carbonyl (C=O) groups excluding carboxylic acids is 2. The van der Waals surface area contributed by atoms with Crippen molar-refractivity contribution in [1.82, 2.24) is 15.1 Å².